The van der Waals surface area contributed by atoms with Gasteiger partial charge in [0.05, 0.1) is 16.1 Å². The number of nitrogens with two attached hydrogens (primary N) is 1. The summed E-state index contributed by atoms with van der Waals surface area (Å²) in [7, 11) is 3.54. The summed E-state index contributed by atoms with van der Waals surface area (Å²) < 4.78 is 1.99. The number of carbonyl (C=O) groups excluding carboxylic acids is 1. The van der Waals surface area contributed by atoms with Crippen molar-refractivity contribution in [3.63, 3.8) is 0 Å². The lowest BCUT2D eigenvalue weighted by Crippen LogP contribution is -2.24. The second kappa shape index (κ2) is 7.67. The highest BCUT2D eigenvalue weighted by atomic mass is 35.5. The van der Waals surface area contributed by atoms with Crippen molar-refractivity contribution in [2.24, 2.45) is 0 Å². The lowest BCUT2D eigenvalue weighted by Gasteiger charge is -2.26. The molecule has 0 atom stereocenters. The maximum absolute atomic E-state index is 13.0. The fourth-order valence-electron chi connectivity index (χ4n) is 4.41. The van der Waals surface area contributed by atoms with Crippen LogP contribution in [-0.4, -0.2) is 39.4 Å². The molecule has 1 aromatic carbocycles. The molecule has 7 heteroatoms. The minimum atomic E-state index is -0.0484. The van der Waals surface area contributed by atoms with Crippen molar-refractivity contribution >= 4 is 34.2 Å². The highest BCUT2D eigenvalue weighted by Gasteiger charge is 2.28. The molecule has 4 rings (SSSR count). The highest BCUT2D eigenvalue weighted by Crippen LogP contribution is 2.42. The minimum absolute atomic E-state index is 0.0484. The van der Waals surface area contributed by atoms with Crippen molar-refractivity contribution in [3.05, 3.63) is 46.4 Å². The number of nitrogen functional groups attached to an aromatic ring is 1. The first-order valence-electron chi connectivity index (χ1n) is 10.0. The van der Waals surface area contributed by atoms with Crippen molar-refractivity contribution in [1.29, 1.82) is 0 Å². The summed E-state index contributed by atoms with van der Waals surface area (Å²) in [6.07, 6.45) is 9.20. The van der Waals surface area contributed by atoms with Gasteiger partial charge in [0.25, 0.3) is 5.91 Å². The molecule has 3 aromatic rings. The average Bonchev–Trinajstić information content (AvgIpc) is 3.12. The third kappa shape index (κ3) is 3.35. The molecule has 6 nitrogen and oxygen atoms in total. The first-order valence-corrected chi connectivity index (χ1v) is 10.4. The van der Waals surface area contributed by atoms with E-state index in [1.807, 2.05) is 23.8 Å². The molecule has 152 valence electrons. The molecule has 2 heterocycles. The van der Waals surface area contributed by atoms with E-state index in [0.29, 0.717) is 22.3 Å². The van der Waals surface area contributed by atoms with Gasteiger partial charge in [-0.1, -0.05) is 30.9 Å². The van der Waals surface area contributed by atoms with E-state index < -0.39 is 0 Å². The normalized spacial score (nSPS) is 15.0. The number of anilines is 1. The molecule has 1 aliphatic carbocycles. The third-order valence-corrected chi connectivity index (χ3v) is 6.24. The van der Waals surface area contributed by atoms with Gasteiger partial charge in [0.15, 0.2) is 0 Å². The van der Waals surface area contributed by atoms with Gasteiger partial charge in [-0.2, -0.15) is 0 Å². The van der Waals surface area contributed by atoms with Crippen molar-refractivity contribution < 1.29 is 4.79 Å². The van der Waals surface area contributed by atoms with Crippen LogP contribution in [-0.2, 0) is 0 Å². The van der Waals surface area contributed by atoms with Crippen LogP contribution in [0.3, 0.4) is 0 Å². The number of fused-ring (bicyclic) bond motifs is 1. The molecule has 1 fully saturated rings. The molecule has 2 N–H and O–H groups in total. The summed E-state index contributed by atoms with van der Waals surface area (Å²) in [5, 5.41) is 1.54. The van der Waals surface area contributed by atoms with Gasteiger partial charge in [-0.15, -0.1) is 0 Å². The van der Waals surface area contributed by atoms with Crippen molar-refractivity contribution in [1.82, 2.24) is 19.4 Å². The van der Waals surface area contributed by atoms with Crippen LogP contribution in [0.2, 0.25) is 5.02 Å². The molecule has 1 saturated carbocycles. The van der Waals surface area contributed by atoms with Crippen LogP contribution >= 0.6 is 11.6 Å². The Balaban J connectivity index is 2.00. The molecule has 1 amide bonds. The fraction of sp³-hybridized carbons (Fsp3) is 0.409. The van der Waals surface area contributed by atoms with Crippen molar-refractivity contribution in [2.75, 3.05) is 19.8 Å². The molecule has 1 aliphatic rings. The predicted octanol–water partition coefficient (Wildman–Crippen LogP) is 4.71. The molecule has 0 aliphatic heterocycles. The van der Waals surface area contributed by atoms with E-state index in [1.54, 1.807) is 19.0 Å². The quantitative estimate of drug-likeness (QED) is 0.676. The molecule has 2 aromatic heterocycles. The van der Waals surface area contributed by atoms with Crippen LogP contribution in [0.5, 0.6) is 0 Å². The molecule has 0 unspecified atom stereocenters. The van der Waals surface area contributed by atoms with Crippen LogP contribution < -0.4 is 5.73 Å². The maximum atomic E-state index is 13.0. The molecule has 29 heavy (non-hydrogen) atoms. The lowest BCUT2D eigenvalue weighted by molar-refractivity contribution is 0.0826. The Morgan fingerprint density at radius 2 is 1.97 bits per heavy atom. The van der Waals surface area contributed by atoms with E-state index >= 15 is 0 Å². The first kappa shape index (κ1) is 19.7. The van der Waals surface area contributed by atoms with E-state index in [4.69, 9.17) is 17.3 Å². The lowest BCUT2D eigenvalue weighted by atomic mass is 9.80. The number of hydrogen-bond donors (Lipinski definition) is 1. The van der Waals surface area contributed by atoms with Crippen LogP contribution in [0, 0.1) is 6.92 Å². The Bertz CT molecular complexity index is 1080. The fourth-order valence-corrected chi connectivity index (χ4v) is 4.70. The van der Waals surface area contributed by atoms with Gasteiger partial charge in [0.2, 0.25) is 0 Å². The van der Waals surface area contributed by atoms with Crippen molar-refractivity contribution in [2.45, 2.75) is 44.9 Å². The summed E-state index contributed by atoms with van der Waals surface area (Å²) in [6.45, 7) is 1.91. The van der Waals surface area contributed by atoms with Gasteiger partial charge in [-0.3, -0.25) is 4.79 Å². The van der Waals surface area contributed by atoms with E-state index in [-0.39, 0.29) is 5.91 Å². The molecule has 0 saturated heterocycles. The van der Waals surface area contributed by atoms with Gasteiger partial charge < -0.3 is 15.2 Å². The number of hydrogen-bond acceptors (Lipinski definition) is 4. The SMILES string of the molecule is Cc1c(N)ncnc1-n1ccc2c(C3CCCCC3)c(C(=O)N(C)C)c(Cl)cc21. The van der Waals surface area contributed by atoms with Crippen LogP contribution in [0.15, 0.2) is 24.7 Å². The molecular formula is C22H26ClN5O. The molecular weight excluding hydrogens is 386 g/mol. The Labute approximate surface area is 175 Å². The van der Waals surface area contributed by atoms with E-state index in [9.17, 15) is 4.79 Å². The number of halogens is 1. The summed E-state index contributed by atoms with van der Waals surface area (Å²) in [6, 6.07) is 3.94. The van der Waals surface area contributed by atoms with Gasteiger partial charge >= 0.3 is 0 Å². The zero-order valence-electron chi connectivity index (χ0n) is 17.1. The summed E-state index contributed by atoms with van der Waals surface area (Å²) in [4.78, 5) is 23.2. The Morgan fingerprint density at radius 3 is 2.66 bits per heavy atom. The zero-order valence-corrected chi connectivity index (χ0v) is 17.8. The predicted molar refractivity (Wildman–Crippen MR) is 117 cm³/mol. The maximum Gasteiger partial charge on any atom is 0.255 e. The smallest absolute Gasteiger partial charge is 0.255 e. The zero-order chi connectivity index (χ0) is 20.7. The highest BCUT2D eigenvalue weighted by molar-refractivity contribution is 6.35. The first-order chi connectivity index (χ1) is 13.9. The largest absolute Gasteiger partial charge is 0.383 e. The van der Waals surface area contributed by atoms with Crippen molar-refractivity contribution in [3.8, 4) is 5.82 Å². The van der Waals surface area contributed by atoms with Gasteiger partial charge in [0.1, 0.15) is 18.0 Å². The summed E-state index contributed by atoms with van der Waals surface area (Å²) in [5.41, 5.74) is 9.46. The molecule has 0 bridgehead atoms. The number of nitrogens with zero attached hydrogens (tertiary/aromatic N) is 4. The second-order valence-electron chi connectivity index (χ2n) is 8.01. The number of rotatable bonds is 3. The number of aromatic nitrogens is 3. The standard InChI is InChI=1S/C22H26ClN5O/c1-13-20(24)25-12-26-21(13)28-10-9-15-17(28)11-16(23)19(22(29)27(2)3)18(15)14-7-5-4-6-8-14/h9-12,14H,4-8H2,1-3H3,(H2,24,25,26). The Morgan fingerprint density at radius 1 is 1.24 bits per heavy atom. The minimum Gasteiger partial charge on any atom is -0.383 e. The van der Waals surface area contributed by atoms with Gasteiger partial charge in [-0.05, 0) is 43.4 Å². The number of benzene rings is 1. The Hall–Kier alpha value is -2.60. The third-order valence-electron chi connectivity index (χ3n) is 5.95. The Kier molecular flexibility index (Phi) is 5.21. The van der Waals surface area contributed by atoms with E-state index in [1.165, 1.54) is 25.6 Å². The second-order valence-corrected chi connectivity index (χ2v) is 8.41. The molecule has 0 spiro atoms. The number of carbonyl (C=O) groups is 1. The topological polar surface area (TPSA) is 77.0 Å². The summed E-state index contributed by atoms with van der Waals surface area (Å²) in [5.74, 6) is 1.46. The summed E-state index contributed by atoms with van der Waals surface area (Å²) >= 11 is 6.74. The van der Waals surface area contributed by atoms with Crippen LogP contribution in [0.25, 0.3) is 16.7 Å². The monoisotopic (exact) mass is 411 g/mol. The van der Waals surface area contributed by atoms with Gasteiger partial charge in [0, 0.05) is 31.2 Å². The van der Waals surface area contributed by atoms with Crippen LogP contribution in [0.1, 0.15) is 59.5 Å². The number of amides is 1. The van der Waals surface area contributed by atoms with E-state index in [2.05, 4.69) is 16.0 Å². The average molecular weight is 412 g/mol. The van der Waals surface area contributed by atoms with E-state index in [0.717, 1.165) is 40.7 Å². The van der Waals surface area contributed by atoms with Crippen LogP contribution in [0.4, 0.5) is 5.82 Å². The molecule has 0 radical (unpaired) electrons. The van der Waals surface area contributed by atoms with Gasteiger partial charge in [-0.25, -0.2) is 9.97 Å².